The van der Waals surface area contributed by atoms with Crippen LogP contribution >= 0.6 is 0 Å². The first kappa shape index (κ1) is 69.3. The van der Waals surface area contributed by atoms with Crippen LogP contribution in [-0.4, -0.2) is 37.2 Å². The van der Waals surface area contributed by atoms with Gasteiger partial charge in [0, 0.05) is 19.3 Å². The Morgan fingerprint density at radius 3 is 0.836 bits per heavy atom. The Kier molecular flexibility index (Phi) is 57.8. The molecular formula is C67H114O6. The molecule has 0 aromatic rings. The zero-order chi connectivity index (χ0) is 52.9. The first-order valence-corrected chi connectivity index (χ1v) is 30.7. The SMILES string of the molecule is CC/C=C\C/C=C\C/C=C\C/C=C\CCCCC(=O)OCC(COC(=O)CCCCCCCCCCCCCCCCCCCCCCCCCCC)OC(=O)CCCC/C=C\C/C=C\C/C=C\C/C=C\CC. The third-order valence-corrected chi connectivity index (χ3v) is 13.1. The Morgan fingerprint density at radius 2 is 0.534 bits per heavy atom. The fraction of sp³-hybridized carbons (Fsp3) is 0.716. The highest BCUT2D eigenvalue weighted by Crippen LogP contribution is 2.17. The minimum atomic E-state index is -0.817. The highest BCUT2D eigenvalue weighted by atomic mass is 16.6. The standard InChI is InChI=1S/C67H114O6/c1-4-7-10-13-16-19-22-25-28-29-30-31-32-33-34-35-36-37-40-42-45-48-51-54-57-60-66(69)72-63-64(73-67(70)61-58-55-52-49-46-43-39-27-24-21-18-15-12-9-6-3)62-71-65(68)59-56-53-50-47-44-41-38-26-23-20-17-14-11-8-5-2/h8-9,11-12,17-18,20-21,26-27,38-39,44,46-47,49,64H,4-7,10,13-16,19,22-25,28-37,40-43,45,48,50-63H2,1-3H3/b11-8-,12-9-,20-17-,21-18-,38-26-,39-27-,47-44-,49-46-. The van der Waals surface area contributed by atoms with E-state index in [2.05, 4.69) is 118 Å². The molecule has 6 heteroatoms. The lowest BCUT2D eigenvalue weighted by molar-refractivity contribution is -0.167. The van der Waals surface area contributed by atoms with Crippen LogP contribution in [0.5, 0.6) is 0 Å². The second-order valence-electron chi connectivity index (χ2n) is 20.2. The molecule has 0 aromatic carbocycles. The summed E-state index contributed by atoms with van der Waals surface area (Å²) < 4.78 is 16.8. The molecule has 0 N–H and O–H groups in total. The summed E-state index contributed by atoms with van der Waals surface area (Å²) in [5, 5.41) is 0. The van der Waals surface area contributed by atoms with Crippen molar-refractivity contribution in [3.63, 3.8) is 0 Å². The van der Waals surface area contributed by atoms with E-state index in [-0.39, 0.29) is 37.5 Å². The summed E-state index contributed by atoms with van der Waals surface area (Å²) in [5.41, 5.74) is 0. The van der Waals surface area contributed by atoms with Gasteiger partial charge in [-0.3, -0.25) is 14.4 Å². The van der Waals surface area contributed by atoms with Crippen molar-refractivity contribution in [3.05, 3.63) is 97.2 Å². The summed E-state index contributed by atoms with van der Waals surface area (Å²) in [4.78, 5) is 38.2. The molecule has 0 saturated carbocycles. The molecule has 0 spiro atoms. The predicted molar refractivity (Wildman–Crippen MR) is 316 cm³/mol. The van der Waals surface area contributed by atoms with Crippen LogP contribution in [0.4, 0.5) is 0 Å². The molecular weight excluding hydrogens is 901 g/mol. The Balaban J connectivity index is 4.35. The Labute approximate surface area is 451 Å². The Morgan fingerprint density at radius 1 is 0.288 bits per heavy atom. The number of hydrogen-bond acceptors (Lipinski definition) is 6. The average Bonchev–Trinajstić information content (AvgIpc) is 3.39. The second kappa shape index (κ2) is 60.9. The maximum atomic E-state index is 12.8. The van der Waals surface area contributed by atoms with Gasteiger partial charge in [0.15, 0.2) is 6.10 Å². The van der Waals surface area contributed by atoms with Gasteiger partial charge in [0.05, 0.1) is 0 Å². The fourth-order valence-corrected chi connectivity index (χ4v) is 8.54. The van der Waals surface area contributed by atoms with Gasteiger partial charge in [0.2, 0.25) is 0 Å². The van der Waals surface area contributed by atoms with Gasteiger partial charge < -0.3 is 14.2 Å². The molecule has 0 heterocycles. The zero-order valence-corrected chi connectivity index (χ0v) is 47.9. The molecule has 0 aliphatic carbocycles. The largest absolute Gasteiger partial charge is 0.462 e. The van der Waals surface area contributed by atoms with Crippen LogP contribution < -0.4 is 0 Å². The third kappa shape index (κ3) is 59.1. The van der Waals surface area contributed by atoms with E-state index < -0.39 is 6.10 Å². The smallest absolute Gasteiger partial charge is 0.306 e. The van der Waals surface area contributed by atoms with Crippen molar-refractivity contribution in [2.75, 3.05) is 13.2 Å². The summed E-state index contributed by atoms with van der Waals surface area (Å²) in [6, 6.07) is 0. The maximum absolute atomic E-state index is 12.8. The molecule has 6 nitrogen and oxygen atoms in total. The van der Waals surface area contributed by atoms with Gasteiger partial charge >= 0.3 is 17.9 Å². The normalized spacial score (nSPS) is 12.8. The molecule has 0 aromatic heterocycles. The molecule has 0 aliphatic heterocycles. The lowest BCUT2D eigenvalue weighted by Gasteiger charge is -2.18. The van der Waals surface area contributed by atoms with Gasteiger partial charge in [-0.15, -0.1) is 0 Å². The first-order valence-electron chi connectivity index (χ1n) is 30.7. The van der Waals surface area contributed by atoms with Crippen LogP contribution in [-0.2, 0) is 28.6 Å². The number of hydrogen-bond donors (Lipinski definition) is 0. The maximum Gasteiger partial charge on any atom is 0.306 e. The lowest BCUT2D eigenvalue weighted by Crippen LogP contribution is -2.30. The monoisotopic (exact) mass is 1010 g/mol. The van der Waals surface area contributed by atoms with Crippen LogP contribution in [0, 0.1) is 0 Å². The number of unbranched alkanes of at least 4 members (excludes halogenated alkanes) is 28. The van der Waals surface area contributed by atoms with E-state index in [1.807, 2.05) is 0 Å². The van der Waals surface area contributed by atoms with Gasteiger partial charge in [-0.2, -0.15) is 0 Å². The average molecular weight is 1020 g/mol. The minimum Gasteiger partial charge on any atom is -0.462 e. The van der Waals surface area contributed by atoms with Crippen molar-refractivity contribution in [1.29, 1.82) is 0 Å². The van der Waals surface area contributed by atoms with Gasteiger partial charge in [0.1, 0.15) is 13.2 Å². The highest BCUT2D eigenvalue weighted by molar-refractivity contribution is 5.71. The summed E-state index contributed by atoms with van der Waals surface area (Å²) in [5.74, 6) is -0.985. The van der Waals surface area contributed by atoms with Crippen molar-refractivity contribution in [2.24, 2.45) is 0 Å². The van der Waals surface area contributed by atoms with Crippen LogP contribution in [0.25, 0.3) is 0 Å². The number of esters is 3. The molecule has 0 saturated heterocycles. The van der Waals surface area contributed by atoms with Crippen molar-refractivity contribution >= 4 is 17.9 Å². The van der Waals surface area contributed by atoms with Crippen molar-refractivity contribution in [2.45, 2.75) is 297 Å². The van der Waals surface area contributed by atoms with Gasteiger partial charge in [0.25, 0.3) is 0 Å². The molecule has 0 amide bonds. The van der Waals surface area contributed by atoms with Crippen LogP contribution in [0.1, 0.15) is 290 Å². The summed E-state index contributed by atoms with van der Waals surface area (Å²) >= 11 is 0. The number of ether oxygens (including phenoxy) is 3. The van der Waals surface area contributed by atoms with Crippen molar-refractivity contribution in [1.82, 2.24) is 0 Å². The van der Waals surface area contributed by atoms with Crippen LogP contribution in [0.2, 0.25) is 0 Å². The first-order chi connectivity index (χ1) is 36.0. The van der Waals surface area contributed by atoms with E-state index in [0.717, 1.165) is 96.3 Å². The minimum absolute atomic E-state index is 0.106. The molecule has 73 heavy (non-hydrogen) atoms. The molecule has 0 fully saturated rings. The fourth-order valence-electron chi connectivity index (χ4n) is 8.54. The van der Waals surface area contributed by atoms with E-state index >= 15 is 0 Å². The molecule has 418 valence electrons. The Bertz CT molecular complexity index is 1440. The molecule has 0 radical (unpaired) electrons. The molecule has 1 atom stereocenters. The molecule has 0 bridgehead atoms. The zero-order valence-electron chi connectivity index (χ0n) is 47.9. The van der Waals surface area contributed by atoms with E-state index in [0.29, 0.717) is 25.7 Å². The van der Waals surface area contributed by atoms with Gasteiger partial charge in [-0.1, -0.05) is 272 Å². The predicted octanol–water partition coefficient (Wildman–Crippen LogP) is 20.9. The highest BCUT2D eigenvalue weighted by Gasteiger charge is 2.19. The lowest BCUT2D eigenvalue weighted by atomic mass is 10.0. The van der Waals surface area contributed by atoms with Crippen molar-refractivity contribution in [3.8, 4) is 0 Å². The Hall–Kier alpha value is -3.67. The second-order valence-corrected chi connectivity index (χ2v) is 20.2. The van der Waals surface area contributed by atoms with E-state index in [4.69, 9.17) is 14.2 Å². The summed E-state index contributed by atoms with van der Waals surface area (Å²) in [6.45, 7) is 6.36. The van der Waals surface area contributed by atoms with E-state index in [1.54, 1.807) is 0 Å². The molecule has 0 aliphatic rings. The van der Waals surface area contributed by atoms with E-state index in [1.165, 1.54) is 141 Å². The topological polar surface area (TPSA) is 78.9 Å². The number of carbonyl (C=O) groups excluding carboxylic acids is 3. The molecule has 1 unspecified atom stereocenters. The summed E-state index contributed by atoms with van der Waals surface area (Å²) in [7, 11) is 0. The van der Waals surface area contributed by atoms with Crippen LogP contribution in [0.15, 0.2) is 97.2 Å². The molecule has 0 rings (SSSR count). The quantitative estimate of drug-likeness (QED) is 0.0261. The number of allylic oxidation sites excluding steroid dienone is 16. The third-order valence-electron chi connectivity index (χ3n) is 13.1. The van der Waals surface area contributed by atoms with Crippen molar-refractivity contribution < 1.29 is 28.6 Å². The van der Waals surface area contributed by atoms with Gasteiger partial charge in [-0.05, 0) is 96.3 Å². The number of rotatable bonds is 55. The van der Waals surface area contributed by atoms with Gasteiger partial charge in [-0.25, -0.2) is 0 Å². The van der Waals surface area contributed by atoms with E-state index in [9.17, 15) is 14.4 Å². The van der Waals surface area contributed by atoms with Crippen LogP contribution in [0.3, 0.4) is 0 Å². The summed E-state index contributed by atoms with van der Waals surface area (Å²) in [6.07, 6.45) is 81.5. The number of carbonyl (C=O) groups is 3.